The van der Waals surface area contributed by atoms with Crippen LogP contribution < -0.4 is 21.1 Å². The number of rotatable bonds is 5. The lowest BCUT2D eigenvalue weighted by Gasteiger charge is -2.10. The normalized spacial score (nSPS) is 9.45. The number of anilines is 1. The SMILES string of the molecule is CCNC(=O)c1cc(Cl)c(N)cc1OC.CCNCC. The van der Waals surface area contributed by atoms with Crippen molar-refractivity contribution in [3.63, 3.8) is 0 Å². The number of amides is 1. The molecule has 0 aliphatic rings. The van der Waals surface area contributed by atoms with Crippen molar-refractivity contribution >= 4 is 23.2 Å². The molecule has 1 rings (SSSR count). The molecule has 0 aliphatic heterocycles. The maximum absolute atomic E-state index is 11.6. The van der Waals surface area contributed by atoms with Gasteiger partial charge in [0.25, 0.3) is 5.91 Å². The number of carbonyl (C=O) groups is 1. The summed E-state index contributed by atoms with van der Waals surface area (Å²) in [6.07, 6.45) is 0. The Bertz CT molecular complexity index is 423. The first-order valence-corrected chi connectivity index (χ1v) is 7.01. The highest BCUT2D eigenvalue weighted by atomic mass is 35.5. The van der Waals surface area contributed by atoms with Gasteiger partial charge >= 0.3 is 0 Å². The predicted octanol–water partition coefficient (Wildman–Crippen LogP) is 2.30. The number of nitrogens with two attached hydrogens (primary N) is 1. The van der Waals surface area contributed by atoms with E-state index < -0.39 is 0 Å². The molecular formula is C14H24ClN3O2. The van der Waals surface area contributed by atoms with Crippen LogP contribution in [0.5, 0.6) is 5.75 Å². The van der Waals surface area contributed by atoms with Gasteiger partial charge in [-0.15, -0.1) is 0 Å². The van der Waals surface area contributed by atoms with Gasteiger partial charge in [-0.1, -0.05) is 25.4 Å². The number of carbonyl (C=O) groups excluding carboxylic acids is 1. The van der Waals surface area contributed by atoms with Crippen LogP contribution in [0.3, 0.4) is 0 Å². The van der Waals surface area contributed by atoms with Gasteiger partial charge in [0.1, 0.15) is 5.75 Å². The Morgan fingerprint density at radius 2 is 1.85 bits per heavy atom. The Morgan fingerprint density at radius 1 is 1.25 bits per heavy atom. The van der Waals surface area contributed by atoms with E-state index in [2.05, 4.69) is 24.5 Å². The van der Waals surface area contributed by atoms with Crippen molar-refractivity contribution in [1.29, 1.82) is 0 Å². The molecule has 0 saturated heterocycles. The molecule has 114 valence electrons. The van der Waals surface area contributed by atoms with E-state index in [1.54, 1.807) is 0 Å². The summed E-state index contributed by atoms with van der Waals surface area (Å²) in [7, 11) is 1.48. The molecule has 1 aromatic rings. The fraction of sp³-hybridized carbons (Fsp3) is 0.500. The van der Waals surface area contributed by atoms with Crippen molar-refractivity contribution in [2.75, 3.05) is 32.5 Å². The summed E-state index contributed by atoms with van der Waals surface area (Å²) in [4.78, 5) is 11.6. The quantitative estimate of drug-likeness (QED) is 0.729. The topological polar surface area (TPSA) is 76.4 Å². The second kappa shape index (κ2) is 10.3. The number of nitrogen functional groups attached to an aromatic ring is 1. The molecule has 1 aromatic carbocycles. The zero-order chi connectivity index (χ0) is 15.5. The van der Waals surface area contributed by atoms with Crippen molar-refractivity contribution in [2.45, 2.75) is 20.8 Å². The zero-order valence-corrected chi connectivity index (χ0v) is 13.3. The van der Waals surface area contributed by atoms with Crippen LogP contribution in [-0.4, -0.2) is 32.7 Å². The van der Waals surface area contributed by atoms with Crippen molar-refractivity contribution < 1.29 is 9.53 Å². The molecule has 6 heteroatoms. The van der Waals surface area contributed by atoms with Gasteiger partial charge in [0.15, 0.2) is 0 Å². The third-order valence-corrected chi connectivity index (χ3v) is 2.73. The van der Waals surface area contributed by atoms with E-state index in [9.17, 15) is 4.79 Å². The van der Waals surface area contributed by atoms with Gasteiger partial charge in [0, 0.05) is 12.6 Å². The lowest BCUT2D eigenvalue weighted by molar-refractivity contribution is 0.0953. The van der Waals surface area contributed by atoms with E-state index in [1.807, 2.05) is 6.92 Å². The average molecular weight is 302 g/mol. The first kappa shape index (κ1) is 18.5. The molecule has 20 heavy (non-hydrogen) atoms. The van der Waals surface area contributed by atoms with Crippen LogP contribution in [0.1, 0.15) is 31.1 Å². The lowest BCUT2D eigenvalue weighted by Crippen LogP contribution is -2.23. The summed E-state index contributed by atoms with van der Waals surface area (Å²) in [5.74, 6) is 0.194. The number of ether oxygens (including phenoxy) is 1. The van der Waals surface area contributed by atoms with Crippen LogP contribution in [0.25, 0.3) is 0 Å². The van der Waals surface area contributed by atoms with Crippen LogP contribution in [0.4, 0.5) is 5.69 Å². The zero-order valence-electron chi connectivity index (χ0n) is 12.5. The van der Waals surface area contributed by atoms with Crippen LogP contribution in [0.15, 0.2) is 12.1 Å². The molecule has 0 aromatic heterocycles. The van der Waals surface area contributed by atoms with Crippen LogP contribution >= 0.6 is 11.6 Å². The standard InChI is InChI=1S/C10H13ClN2O2.C4H11N/c1-3-13-10(14)6-4-7(11)8(12)5-9(6)15-2;1-3-5-4-2/h4-5H,3,12H2,1-2H3,(H,13,14);5H,3-4H2,1-2H3. The number of nitrogens with one attached hydrogen (secondary N) is 2. The second-order valence-electron chi connectivity index (χ2n) is 3.89. The van der Waals surface area contributed by atoms with Crippen LogP contribution in [-0.2, 0) is 0 Å². The number of hydrogen-bond donors (Lipinski definition) is 3. The smallest absolute Gasteiger partial charge is 0.255 e. The number of halogens is 1. The summed E-state index contributed by atoms with van der Waals surface area (Å²) in [6.45, 7) is 8.77. The summed E-state index contributed by atoms with van der Waals surface area (Å²) >= 11 is 5.83. The highest BCUT2D eigenvalue weighted by Gasteiger charge is 2.13. The molecule has 0 fully saturated rings. The Hall–Kier alpha value is -1.46. The molecule has 4 N–H and O–H groups in total. The molecular weight excluding hydrogens is 278 g/mol. The van der Waals surface area contributed by atoms with Crippen LogP contribution in [0.2, 0.25) is 5.02 Å². The first-order chi connectivity index (χ1) is 9.51. The second-order valence-corrected chi connectivity index (χ2v) is 4.30. The van der Waals surface area contributed by atoms with Crippen molar-refractivity contribution in [3.8, 4) is 5.75 Å². The molecule has 0 aliphatic carbocycles. The highest BCUT2D eigenvalue weighted by Crippen LogP contribution is 2.28. The maximum Gasteiger partial charge on any atom is 0.255 e. The van der Waals surface area contributed by atoms with Crippen molar-refractivity contribution in [2.24, 2.45) is 0 Å². The fourth-order valence-electron chi connectivity index (χ4n) is 1.42. The molecule has 0 atom stereocenters. The van der Waals surface area contributed by atoms with Crippen molar-refractivity contribution in [1.82, 2.24) is 10.6 Å². The third-order valence-electron chi connectivity index (χ3n) is 2.40. The average Bonchev–Trinajstić information content (AvgIpc) is 2.43. The summed E-state index contributed by atoms with van der Waals surface area (Å²) < 4.78 is 5.05. The van der Waals surface area contributed by atoms with Crippen molar-refractivity contribution in [3.05, 3.63) is 22.7 Å². The molecule has 1 amide bonds. The van der Waals surface area contributed by atoms with Gasteiger partial charge in [-0.2, -0.15) is 0 Å². The van der Waals surface area contributed by atoms with E-state index in [0.29, 0.717) is 28.6 Å². The number of methoxy groups -OCH3 is 1. The van der Waals surface area contributed by atoms with Gasteiger partial charge < -0.3 is 21.1 Å². The van der Waals surface area contributed by atoms with E-state index in [0.717, 1.165) is 13.1 Å². The molecule has 0 spiro atoms. The Balaban J connectivity index is 0.000000621. The summed E-state index contributed by atoms with van der Waals surface area (Å²) in [5, 5.41) is 6.12. The molecule has 5 nitrogen and oxygen atoms in total. The molecule has 0 bridgehead atoms. The first-order valence-electron chi connectivity index (χ1n) is 6.63. The van der Waals surface area contributed by atoms with Gasteiger partial charge in [-0.25, -0.2) is 0 Å². The summed E-state index contributed by atoms with van der Waals surface area (Å²) in [5.41, 5.74) is 6.37. The van der Waals surface area contributed by atoms with E-state index in [4.69, 9.17) is 22.1 Å². The molecule has 0 unspecified atom stereocenters. The Labute approximate surface area is 125 Å². The van der Waals surface area contributed by atoms with Gasteiger partial charge in [0.2, 0.25) is 0 Å². The monoisotopic (exact) mass is 301 g/mol. The molecule has 0 radical (unpaired) electrons. The lowest BCUT2D eigenvalue weighted by atomic mass is 10.1. The predicted molar refractivity (Wildman–Crippen MR) is 84.6 cm³/mol. The Kier molecular flexibility index (Phi) is 9.59. The molecule has 0 heterocycles. The van der Waals surface area contributed by atoms with E-state index >= 15 is 0 Å². The Morgan fingerprint density at radius 3 is 2.25 bits per heavy atom. The minimum atomic E-state index is -0.226. The number of benzene rings is 1. The van der Waals surface area contributed by atoms with Gasteiger partial charge in [-0.3, -0.25) is 4.79 Å². The summed E-state index contributed by atoms with van der Waals surface area (Å²) in [6, 6.07) is 3.04. The van der Waals surface area contributed by atoms with E-state index in [1.165, 1.54) is 19.2 Å². The minimum Gasteiger partial charge on any atom is -0.496 e. The maximum atomic E-state index is 11.6. The molecule has 0 saturated carbocycles. The third kappa shape index (κ3) is 6.12. The highest BCUT2D eigenvalue weighted by molar-refractivity contribution is 6.33. The number of hydrogen-bond acceptors (Lipinski definition) is 4. The fourth-order valence-corrected chi connectivity index (χ4v) is 1.58. The van der Waals surface area contributed by atoms with Gasteiger partial charge in [0.05, 0.1) is 23.4 Å². The van der Waals surface area contributed by atoms with E-state index in [-0.39, 0.29) is 5.91 Å². The van der Waals surface area contributed by atoms with Gasteiger partial charge in [-0.05, 0) is 26.1 Å². The largest absolute Gasteiger partial charge is 0.496 e. The minimum absolute atomic E-state index is 0.226. The van der Waals surface area contributed by atoms with Crippen LogP contribution in [0, 0.1) is 0 Å².